The van der Waals surface area contributed by atoms with Gasteiger partial charge in [0.05, 0.1) is 54.3 Å². The molecule has 0 fully saturated rings. The molecule has 1 aromatic carbocycles. The average Bonchev–Trinajstić information content (AvgIpc) is 3.24. The summed E-state index contributed by atoms with van der Waals surface area (Å²) in [6, 6.07) is 2.51. The number of hydrogen-bond donors (Lipinski definition) is 3. The minimum atomic E-state index is -0.746. The van der Waals surface area contributed by atoms with Gasteiger partial charge in [0.1, 0.15) is 5.82 Å². The first-order valence-electron chi connectivity index (χ1n) is 11.9. The summed E-state index contributed by atoms with van der Waals surface area (Å²) in [5.74, 6) is -1.25. The number of methoxy groups -OCH3 is 1. The van der Waals surface area contributed by atoms with E-state index in [-0.39, 0.29) is 35.4 Å². The van der Waals surface area contributed by atoms with Crippen molar-refractivity contribution >= 4 is 22.8 Å². The lowest BCUT2D eigenvalue weighted by molar-refractivity contribution is -0.122. The van der Waals surface area contributed by atoms with E-state index in [1.54, 1.807) is 6.92 Å². The molecule has 0 spiro atoms. The quantitative estimate of drug-likeness (QED) is 0.349. The van der Waals surface area contributed by atoms with Gasteiger partial charge in [0, 0.05) is 23.4 Å². The molecule has 2 aromatic heterocycles. The van der Waals surface area contributed by atoms with Gasteiger partial charge in [-0.1, -0.05) is 0 Å². The Labute approximate surface area is 206 Å². The fourth-order valence-electron chi connectivity index (χ4n) is 5.46. The van der Waals surface area contributed by atoms with Gasteiger partial charge in [-0.25, -0.2) is 14.2 Å². The van der Waals surface area contributed by atoms with E-state index in [0.29, 0.717) is 54.7 Å². The molecule has 1 aliphatic carbocycles. The smallest absolute Gasteiger partial charge is 0.338 e. The van der Waals surface area contributed by atoms with E-state index >= 15 is 0 Å². The maximum Gasteiger partial charge on any atom is 0.338 e. The van der Waals surface area contributed by atoms with E-state index in [1.807, 2.05) is 0 Å². The maximum absolute atomic E-state index is 14.9. The number of aromatic nitrogens is 2. The monoisotopic (exact) mass is 494 g/mol. The van der Waals surface area contributed by atoms with Crippen molar-refractivity contribution in [3.8, 4) is 11.4 Å². The van der Waals surface area contributed by atoms with Crippen LogP contribution in [0.15, 0.2) is 16.9 Å². The molecule has 0 saturated carbocycles. The van der Waals surface area contributed by atoms with E-state index in [0.717, 1.165) is 22.1 Å². The Kier molecular flexibility index (Phi) is 6.09. The molecule has 3 heterocycles. The standard InChI is InChI=1S/C26H27FN4O5/c1-12-13-5-6-18(29-21(33)4-3-7-28)23-15-10-31-20(24(15)30-19(22(13)23)9-17(12)27)8-14(26(35)36-2)16(11-32)25(31)34/h8-9,18,32H,3-7,10-11,28H2,1-2H3,(H,29,33)/t18-/m0/s1. The van der Waals surface area contributed by atoms with Crippen molar-refractivity contribution in [2.24, 2.45) is 5.73 Å². The third-order valence-corrected chi connectivity index (χ3v) is 7.24. The Balaban J connectivity index is 1.77. The predicted molar refractivity (Wildman–Crippen MR) is 130 cm³/mol. The molecule has 1 amide bonds. The number of carbonyl (C=O) groups is 2. The van der Waals surface area contributed by atoms with Crippen LogP contribution in [0.4, 0.5) is 4.39 Å². The Hall–Kier alpha value is -3.63. The molecule has 0 saturated heterocycles. The van der Waals surface area contributed by atoms with Gasteiger partial charge in [-0.3, -0.25) is 9.59 Å². The number of rotatable bonds is 6. The number of halogens is 1. The third-order valence-electron chi connectivity index (χ3n) is 7.24. The van der Waals surface area contributed by atoms with E-state index in [4.69, 9.17) is 15.5 Å². The van der Waals surface area contributed by atoms with Crippen LogP contribution in [-0.4, -0.2) is 40.2 Å². The Morgan fingerprint density at radius 1 is 1.33 bits per heavy atom. The third kappa shape index (κ3) is 3.59. The molecule has 188 valence electrons. The van der Waals surface area contributed by atoms with Crippen molar-refractivity contribution in [1.29, 1.82) is 0 Å². The number of fused-ring (bicyclic) bond motifs is 4. The fraction of sp³-hybridized carbons (Fsp3) is 0.385. The van der Waals surface area contributed by atoms with Crippen molar-refractivity contribution in [2.75, 3.05) is 13.7 Å². The average molecular weight is 495 g/mol. The highest BCUT2D eigenvalue weighted by molar-refractivity contribution is 5.95. The lowest BCUT2D eigenvalue weighted by Crippen LogP contribution is -2.32. The van der Waals surface area contributed by atoms with Crippen LogP contribution < -0.4 is 16.6 Å². The van der Waals surface area contributed by atoms with Crippen LogP contribution in [0.5, 0.6) is 0 Å². The molecule has 0 unspecified atom stereocenters. The van der Waals surface area contributed by atoms with Gasteiger partial charge in [-0.2, -0.15) is 0 Å². The van der Waals surface area contributed by atoms with Gasteiger partial charge in [-0.15, -0.1) is 0 Å². The molecule has 1 aliphatic heterocycles. The number of carbonyl (C=O) groups excluding carboxylic acids is 2. The predicted octanol–water partition coefficient (Wildman–Crippen LogP) is 1.99. The SMILES string of the molecule is COC(=O)c1cc2n(c(=O)c1CO)Cc1c-2nc2cc(F)c(C)c3c2c1[C@@H](NC(=O)CCCN)CC3. The second kappa shape index (κ2) is 9.11. The van der Waals surface area contributed by atoms with Gasteiger partial charge in [0.25, 0.3) is 5.56 Å². The molecule has 2 aliphatic rings. The van der Waals surface area contributed by atoms with Crippen molar-refractivity contribution < 1.29 is 23.8 Å². The summed E-state index contributed by atoms with van der Waals surface area (Å²) < 4.78 is 21.1. The molecule has 4 N–H and O–H groups in total. The number of aryl methyl sites for hydroxylation is 1. The molecule has 10 heteroatoms. The van der Waals surface area contributed by atoms with Crippen LogP contribution in [0.3, 0.4) is 0 Å². The van der Waals surface area contributed by atoms with Gasteiger partial charge in [0.15, 0.2) is 0 Å². The lowest BCUT2D eigenvalue weighted by atomic mass is 9.81. The van der Waals surface area contributed by atoms with Gasteiger partial charge >= 0.3 is 5.97 Å². The van der Waals surface area contributed by atoms with Crippen molar-refractivity contribution in [3.63, 3.8) is 0 Å². The minimum Gasteiger partial charge on any atom is -0.465 e. The maximum atomic E-state index is 14.9. The molecule has 0 bridgehead atoms. The molecular formula is C26H27FN4O5. The summed E-state index contributed by atoms with van der Waals surface area (Å²) in [6.07, 6.45) is 1.99. The number of esters is 1. The van der Waals surface area contributed by atoms with Gasteiger partial charge in [-0.05, 0) is 55.5 Å². The summed E-state index contributed by atoms with van der Waals surface area (Å²) in [5, 5.41) is 13.7. The van der Waals surface area contributed by atoms with E-state index < -0.39 is 18.1 Å². The van der Waals surface area contributed by atoms with E-state index in [1.165, 1.54) is 23.8 Å². The highest BCUT2D eigenvalue weighted by Gasteiger charge is 2.35. The van der Waals surface area contributed by atoms with Crippen molar-refractivity contribution in [2.45, 2.75) is 51.8 Å². The van der Waals surface area contributed by atoms with Gasteiger partial charge in [0.2, 0.25) is 5.91 Å². The van der Waals surface area contributed by atoms with Crippen LogP contribution in [0.1, 0.15) is 63.5 Å². The number of aliphatic hydroxyl groups excluding tert-OH is 1. The number of pyridine rings is 2. The normalized spacial score (nSPS) is 15.5. The van der Waals surface area contributed by atoms with Gasteiger partial charge < -0.3 is 25.5 Å². The number of hydrogen-bond acceptors (Lipinski definition) is 7. The summed E-state index contributed by atoms with van der Waals surface area (Å²) in [7, 11) is 1.20. The number of nitrogens with one attached hydrogen (secondary N) is 1. The summed E-state index contributed by atoms with van der Waals surface area (Å²) in [6.45, 7) is 1.66. The zero-order valence-corrected chi connectivity index (χ0v) is 20.1. The molecule has 9 nitrogen and oxygen atoms in total. The summed E-state index contributed by atoms with van der Waals surface area (Å²) in [5.41, 5.74) is 9.13. The number of nitrogens with two attached hydrogens (primary N) is 1. The van der Waals surface area contributed by atoms with Crippen LogP contribution in [0.2, 0.25) is 0 Å². The minimum absolute atomic E-state index is 0.0398. The summed E-state index contributed by atoms with van der Waals surface area (Å²) in [4.78, 5) is 43.1. The van der Waals surface area contributed by atoms with E-state index in [2.05, 4.69) is 5.32 Å². The Bertz CT molecular complexity index is 1500. The Morgan fingerprint density at radius 2 is 2.11 bits per heavy atom. The number of amides is 1. The first-order chi connectivity index (χ1) is 17.3. The second-order valence-corrected chi connectivity index (χ2v) is 9.22. The molecule has 3 aromatic rings. The first-order valence-corrected chi connectivity index (χ1v) is 11.9. The lowest BCUT2D eigenvalue weighted by Gasteiger charge is -2.29. The molecule has 1 atom stereocenters. The number of nitrogens with zero attached hydrogens (tertiary/aromatic N) is 2. The fourth-order valence-corrected chi connectivity index (χ4v) is 5.46. The van der Waals surface area contributed by atoms with E-state index in [9.17, 15) is 23.9 Å². The highest BCUT2D eigenvalue weighted by atomic mass is 19.1. The van der Waals surface area contributed by atoms with Crippen LogP contribution in [-0.2, 0) is 29.1 Å². The first kappa shape index (κ1) is 24.1. The second-order valence-electron chi connectivity index (χ2n) is 9.22. The molecular weight excluding hydrogens is 467 g/mol. The van der Waals surface area contributed by atoms with Crippen LogP contribution in [0, 0.1) is 12.7 Å². The van der Waals surface area contributed by atoms with Crippen LogP contribution >= 0.6 is 0 Å². The van der Waals surface area contributed by atoms with Crippen molar-refractivity contribution in [3.05, 3.63) is 61.7 Å². The largest absolute Gasteiger partial charge is 0.465 e. The molecule has 0 radical (unpaired) electrons. The van der Waals surface area contributed by atoms with Crippen LogP contribution in [0.25, 0.3) is 22.3 Å². The zero-order chi connectivity index (χ0) is 25.7. The highest BCUT2D eigenvalue weighted by Crippen LogP contribution is 2.44. The Morgan fingerprint density at radius 3 is 2.81 bits per heavy atom. The number of ether oxygens (including phenoxy) is 1. The van der Waals surface area contributed by atoms with Crippen molar-refractivity contribution in [1.82, 2.24) is 14.9 Å². The zero-order valence-electron chi connectivity index (χ0n) is 20.1. The topological polar surface area (TPSA) is 137 Å². The molecule has 36 heavy (non-hydrogen) atoms. The molecule has 5 rings (SSSR count). The number of aliphatic hydroxyl groups is 1. The number of benzene rings is 1. The summed E-state index contributed by atoms with van der Waals surface area (Å²) >= 11 is 0.